The van der Waals surface area contributed by atoms with E-state index in [1.807, 2.05) is 21.1 Å². The summed E-state index contributed by atoms with van der Waals surface area (Å²) in [6.07, 6.45) is 17.7. The maximum Gasteiger partial charge on any atom is 0.472 e. The highest BCUT2D eigenvalue weighted by molar-refractivity contribution is 7.47. The number of quaternary nitrogens is 1. The number of phosphoric ester groups is 1. The first-order valence-corrected chi connectivity index (χ1v) is 17.9. The molecule has 0 rings (SSSR count). The van der Waals surface area contributed by atoms with E-state index in [9.17, 15) is 28.9 Å². The Morgan fingerprint density at radius 2 is 1.43 bits per heavy atom. The summed E-state index contributed by atoms with van der Waals surface area (Å²) >= 11 is 0. The molecule has 2 unspecified atom stereocenters. The number of carbonyl (C=O) groups excluding carboxylic acids is 3. The molecule has 0 aromatic carbocycles. The number of aliphatic hydroxyl groups excluding tert-OH is 1. The molecule has 0 fully saturated rings. The third-order valence-electron chi connectivity index (χ3n) is 6.92. The predicted octanol–water partition coefficient (Wildman–Crippen LogP) is 6.05. The first kappa shape index (κ1) is 42.4. The zero-order valence-electron chi connectivity index (χ0n) is 27.8. The second-order valence-electron chi connectivity index (χ2n) is 12.4. The highest BCUT2D eigenvalue weighted by Crippen LogP contribution is 2.43. The van der Waals surface area contributed by atoms with Gasteiger partial charge in [-0.2, -0.15) is 0 Å². The standard InChI is InChI=1S/C32H60NO10P/c1-5-6-7-8-9-10-11-12-13-14-15-16-17-22-31(36)40-27-30(28-42-44(38,39)41-26-24-33(2,3)4)43-32(37)23-18-20-29(35)21-19-25-34/h18,23,25,29-30,35H,5-17,19-22,24,26-28H2,1-4H3/p+1/t29?,30-/m1/s1. The zero-order valence-corrected chi connectivity index (χ0v) is 28.7. The van der Waals surface area contributed by atoms with Gasteiger partial charge in [0.2, 0.25) is 0 Å². The Bertz CT molecular complexity index is 830. The molecule has 0 aliphatic rings. The van der Waals surface area contributed by atoms with E-state index >= 15 is 0 Å². The Balaban J connectivity index is 4.52. The third kappa shape index (κ3) is 29.1. The number of nitrogens with zero attached hydrogens (tertiary/aromatic N) is 1. The fraction of sp³-hybridized carbons (Fsp3) is 0.844. The smallest absolute Gasteiger partial charge is 0.462 e. The number of hydrogen-bond donors (Lipinski definition) is 2. The van der Waals surface area contributed by atoms with Crippen LogP contribution in [-0.2, 0) is 37.5 Å². The summed E-state index contributed by atoms with van der Waals surface area (Å²) in [6, 6.07) is 0. The second kappa shape index (κ2) is 26.6. The van der Waals surface area contributed by atoms with Crippen LogP contribution in [0.5, 0.6) is 0 Å². The summed E-state index contributed by atoms with van der Waals surface area (Å²) in [5, 5.41) is 9.79. The molecule has 0 aromatic heterocycles. The van der Waals surface area contributed by atoms with Crippen LogP contribution in [0.25, 0.3) is 0 Å². The fourth-order valence-electron chi connectivity index (χ4n) is 4.21. The van der Waals surface area contributed by atoms with Crippen LogP contribution in [0.1, 0.15) is 116 Å². The number of unbranched alkanes of at least 4 members (excludes halogenated alkanes) is 12. The molecule has 0 radical (unpaired) electrons. The van der Waals surface area contributed by atoms with Crippen molar-refractivity contribution in [3.05, 3.63) is 12.2 Å². The molecule has 0 amide bonds. The number of likely N-dealkylation sites (N-methyl/N-ethyl adjacent to an activating group) is 1. The Labute approximate surface area is 265 Å². The first-order valence-electron chi connectivity index (χ1n) is 16.4. The van der Waals surface area contributed by atoms with E-state index in [0.717, 1.165) is 25.3 Å². The van der Waals surface area contributed by atoms with E-state index < -0.39 is 38.6 Å². The Hall–Kier alpha value is -1.62. The van der Waals surface area contributed by atoms with Gasteiger partial charge in [-0.25, -0.2) is 9.36 Å². The summed E-state index contributed by atoms with van der Waals surface area (Å²) in [7, 11) is 1.28. The van der Waals surface area contributed by atoms with Gasteiger partial charge in [-0.3, -0.25) is 13.8 Å². The minimum atomic E-state index is -4.43. The third-order valence-corrected chi connectivity index (χ3v) is 7.90. The molecule has 44 heavy (non-hydrogen) atoms. The Kier molecular flexibility index (Phi) is 25.6. The van der Waals surface area contributed by atoms with Crippen molar-refractivity contribution in [2.75, 3.05) is 47.5 Å². The summed E-state index contributed by atoms with van der Waals surface area (Å²) in [5.74, 6) is -1.25. The minimum absolute atomic E-state index is 0.0228. The number of carbonyl (C=O) groups is 3. The van der Waals surface area contributed by atoms with Gasteiger partial charge in [0.05, 0.1) is 33.9 Å². The number of aldehydes is 1. The van der Waals surface area contributed by atoms with Crippen molar-refractivity contribution >= 4 is 26.0 Å². The lowest BCUT2D eigenvalue weighted by Crippen LogP contribution is -2.37. The molecule has 2 N–H and O–H groups in total. The van der Waals surface area contributed by atoms with Crippen LogP contribution in [0.3, 0.4) is 0 Å². The second-order valence-corrected chi connectivity index (χ2v) is 13.8. The average Bonchev–Trinajstić information content (AvgIpc) is 2.95. The number of hydrogen-bond acceptors (Lipinski definition) is 9. The van der Waals surface area contributed by atoms with E-state index in [-0.39, 0.29) is 38.9 Å². The molecule has 0 saturated carbocycles. The number of phosphoric acid groups is 1. The molecule has 0 aliphatic carbocycles. The largest absolute Gasteiger partial charge is 0.472 e. The molecule has 0 aliphatic heterocycles. The number of rotatable bonds is 30. The summed E-state index contributed by atoms with van der Waals surface area (Å²) in [5.41, 5.74) is 0. The highest BCUT2D eigenvalue weighted by Gasteiger charge is 2.26. The van der Waals surface area contributed by atoms with Crippen molar-refractivity contribution in [3.63, 3.8) is 0 Å². The van der Waals surface area contributed by atoms with Crippen LogP contribution in [0.4, 0.5) is 0 Å². The van der Waals surface area contributed by atoms with Crippen molar-refractivity contribution in [2.45, 2.75) is 128 Å². The number of aliphatic hydroxyl groups is 1. The van der Waals surface area contributed by atoms with Gasteiger partial charge in [0, 0.05) is 18.9 Å². The Morgan fingerprint density at radius 3 is 1.98 bits per heavy atom. The first-order chi connectivity index (χ1) is 20.9. The maximum absolute atomic E-state index is 12.3. The van der Waals surface area contributed by atoms with Crippen molar-refractivity contribution in [3.8, 4) is 0 Å². The zero-order chi connectivity index (χ0) is 33.1. The number of ether oxygens (including phenoxy) is 2. The summed E-state index contributed by atoms with van der Waals surface area (Å²) in [6.45, 7) is 1.80. The molecular formula is C32H61NO10P+. The number of esters is 2. The van der Waals surface area contributed by atoms with Gasteiger partial charge < -0.3 is 28.8 Å². The Morgan fingerprint density at radius 1 is 0.864 bits per heavy atom. The molecule has 0 bridgehead atoms. The van der Waals surface area contributed by atoms with Crippen LogP contribution in [0.2, 0.25) is 0 Å². The normalized spacial score (nSPS) is 14.7. The predicted molar refractivity (Wildman–Crippen MR) is 171 cm³/mol. The monoisotopic (exact) mass is 650 g/mol. The summed E-state index contributed by atoms with van der Waals surface area (Å²) < 4.78 is 33.4. The van der Waals surface area contributed by atoms with Gasteiger partial charge in [-0.15, -0.1) is 0 Å². The van der Waals surface area contributed by atoms with Gasteiger partial charge >= 0.3 is 19.8 Å². The lowest BCUT2D eigenvalue weighted by atomic mass is 10.0. The van der Waals surface area contributed by atoms with Crippen molar-refractivity contribution in [1.29, 1.82) is 0 Å². The van der Waals surface area contributed by atoms with E-state index in [2.05, 4.69) is 6.92 Å². The van der Waals surface area contributed by atoms with E-state index in [1.165, 1.54) is 63.9 Å². The highest BCUT2D eigenvalue weighted by atomic mass is 31.2. The average molecular weight is 651 g/mol. The van der Waals surface area contributed by atoms with Crippen LogP contribution in [-0.4, -0.2) is 92.4 Å². The molecule has 0 aromatic rings. The van der Waals surface area contributed by atoms with Crippen molar-refractivity contribution in [1.82, 2.24) is 0 Å². The van der Waals surface area contributed by atoms with Gasteiger partial charge in [-0.05, 0) is 19.3 Å². The van der Waals surface area contributed by atoms with Crippen LogP contribution in [0, 0.1) is 0 Å². The van der Waals surface area contributed by atoms with E-state index in [0.29, 0.717) is 23.7 Å². The molecule has 0 saturated heterocycles. The van der Waals surface area contributed by atoms with Crippen molar-refractivity contribution < 1.29 is 52.0 Å². The summed E-state index contributed by atoms with van der Waals surface area (Å²) in [4.78, 5) is 45.1. The molecule has 258 valence electrons. The quantitative estimate of drug-likeness (QED) is 0.0235. The topological polar surface area (TPSA) is 146 Å². The van der Waals surface area contributed by atoms with Gasteiger partial charge in [-0.1, -0.05) is 90.0 Å². The van der Waals surface area contributed by atoms with Crippen LogP contribution in [0.15, 0.2) is 12.2 Å². The van der Waals surface area contributed by atoms with Gasteiger partial charge in [0.25, 0.3) is 0 Å². The molecule has 3 atom stereocenters. The molecule has 11 nitrogen and oxygen atoms in total. The SMILES string of the molecule is CCCCCCCCCCCCCCCC(=O)OC[C@H](COP(=O)(O)OCC[N+](C)(C)C)OC(=O)C=CCC(O)CCC=O. The lowest BCUT2D eigenvalue weighted by Gasteiger charge is -2.24. The fourth-order valence-corrected chi connectivity index (χ4v) is 4.95. The van der Waals surface area contributed by atoms with Gasteiger partial charge in [0.15, 0.2) is 6.10 Å². The maximum atomic E-state index is 12.3. The molecular weight excluding hydrogens is 589 g/mol. The molecule has 0 spiro atoms. The molecule has 0 heterocycles. The minimum Gasteiger partial charge on any atom is -0.462 e. The lowest BCUT2D eigenvalue weighted by molar-refractivity contribution is -0.870. The van der Waals surface area contributed by atoms with E-state index in [1.54, 1.807) is 0 Å². The van der Waals surface area contributed by atoms with Crippen molar-refractivity contribution in [2.24, 2.45) is 0 Å². The van der Waals surface area contributed by atoms with Crippen LogP contribution < -0.4 is 0 Å². The molecule has 12 heteroatoms. The van der Waals surface area contributed by atoms with E-state index in [4.69, 9.17) is 18.5 Å². The van der Waals surface area contributed by atoms with Gasteiger partial charge in [0.1, 0.15) is 26.0 Å². The van der Waals surface area contributed by atoms with Crippen LogP contribution >= 0.6 is 7.82 Å².